The lowest BCUT2D eigenvalue weighted by Crippen LogP contribution is -2.49. The lowest BCUT2D eigenvalue weighted by atomic mass is 10.2. The number of rotatable bonds is 2. The Kier molecular flexibility index (Phi) is 4.06. The molecule has 0 radical (unpaired) electrons. The van der Waals surface area contributed by atoms with Gasteiger partial charge in [-0.05, 0) is 31.2 Å². The van der Waals surface area contributed by atoms with E-state index in [0.29, 0.717) is 13.1 Å². The molecule has 0 unspecified atom stereocenters. The number of hydrogen-bond donors (Lipinski definition) is 0. The average Bonchev–Trinajstić information content (AvgIpc) is 2.68. The number of carbonyl (C=O) groups is 1. The third kappa shape index (κ3) is 3.05. The zero-order valence-corrected chi connectivity index (χ0v) is 14.2. The predicted octanol–water partition coefficient (Wildman–Crippen LogP) is 2.90. The summed E-state index contributed by atoms with van der Waals surface area (Å²) in [6.45, 7) is 4.93. The predicted molar refractivity (Wildman–Crippen MR) is 98.8 cm³/mol. The highest BCUT2D eigenvalue weighted by Gasteiger charge is 2.24. The molecule has 1 aliphatic rings. The maximum Gasteiger partial charge on any atom is 0.253 e. The van der Waals surface area contributed by atoms with Crippen LogP contribution in [0.5, 0.6) is 0 Å². The number of aromatic nitrogens is 2. The lowest BCUT2D eigenvalue weighted by Gasteiger charge is -2.36. The fourth-order valence-electron chi connectivity index (χ4n) is 3.26. The number of hydrogen-bond acceptors (Lipinski definition) is 4. The van der Waals surface area contributed by atoms with E-state index in [4.69, 9.17) is 4.98 Å². The molecule has 0 N–H and O–H groups in total. The van der Waals surface area contributed by atoms with Crippen molar-refractivity contribution >= 4 is 22.8 Å². The first-order valence-electron chi connectivity index (χ1n) is 8.55. The van der Waals surface area contributed by atoms with Gasteiger partial charge in [0, 0.05) is 31.7 Å². The molecule has 1 saturated heterocycles. The number of fused-ring (bicyclic) bond motifs is 1. The summed E-state index contributed by atoms with van der Waals surface area (Å²) < 4.78 is 0. The molecule has 3 aromatic rings. The molecule has 0 saturated carbocycles. The van der Waals surface area contributed by atoms with Crippen LogP contribution in [0.25, 0.3) is 11.0 Å². The van der Waals surface area contributed by atoms with Crippen molar-refractivity contribution in [3.8, 4) is 0 Å². The van der Waals surface area contributed by atoms with Gasteiger partial charge in [-0.2, -0.15) is 0 Å². The number of amides is 1. The average molecular weight is 332 g/mol. The third-order valence-electron chi connectivity index (χ3n) is 4.61. The van der Waals surface area contributed by atoms with Gasteiger partial charge in [0.25, 0.3) is 5.91 Å². The Morgan fingerprint density at radius 1 is 0.840 bits per heavy atom. The molecule has 0 spiro atoms. The SMILES string of the molecule is Cc1nc2ccccc2nc1N1CCN(C(=O)c2ccccc2)CC1. The van der Waals surface area contributed by atoms with Gasteiger partial charge in [-0.15, -0.1) is 0 Å². The Morgan fingerprint density at radius 3 is 2.12 bits per heavy atom. The largest absolute Gasteiger partial charge is 0.352 e. The number of piperazine rings is 1. The van der Waals surface area contributed by atoms with E-state index >= 15 is 0 Å². The van der Waals surface area contributed by atoms with Gasteiger partial charge in [-0.1, -0.05) is 30.3 Å². The smallest absolute Gasteiger partial charge is 0.253 e. The maximum atomic E-state index is 12.6. The van der Waals surface area contributed by atoms with E-state index in [9.17, 15) is 4.79 Å². The molecule has 2 heterocycles. The number of anilines is 1. The van der Waals surface area contributed by atoms with Gasteiger partial charge in [0.2, 0.25) is 0 Å². The minimum Gasteiger partial charge on any atom is -0.352 e. The summed E-state index contributed by atoms with van der Waals surface area (Å²) in [5.74, 6) is 1.02. The van der Waals surface area contributed by atoms with Crippen LogP contribution >= 0.6 is 0 Å². The summed E-state index contributed by atoms with van der Waals surface area (Å²) in [7, 11) is 0. The standard InChI is InChI=1S/C20H20N4O/c1-15-19(22-18-10-6-5-9-17(18)21-15)23-11-13-24(14-12-23)20(25)16-7-3-2-4-8-16/h2-10H,11-14H2,1H3. The van der Waals surface area contributed by atoms with Crippen molar-refractivity contribution < 1.29 is 4.79 Å². The van der Waals surface area contributed by atoms with Crippen LogP contribution in [0.1, 0.15) is 16.1 Å². The normalized spacial score (nSPS) is 14.8. The summed E-state index contributed by atoms with van der Waals surface area (Å²) in [5.41, 5.74) is 3.51. The highest BCUT2D eigenvalue weighted by molar-refractivity contribution is 5.94. The molecule has 0 aliphatic carbocycles. The van der Waals surface area contributed by atoms with Crippen LogP contribution in [0, 0.1) is 6.92 Å². The lowest BCUT2D eigenvalue weighted by molar-refractivity contribution is 0.0746. The van der Waals surface area contributed by atoms with Crippen molar-refractivity contribution in [2.24, 2.45) is 0 Å². The first-order chi connectivity index (χ1) is 12.2. The van der Waals surface area contributed by atoms with Crippen LogP contribution in [0.15, 0.2) is 54.6 Å². The zero-order chi connectivity index (χ0) is 17.2. The molecule has 5 heteroatoms. The zero-order valence-electron chi connectivity index (χ0n) is 14.2. The van der Waals surface area contributed by atoms with Gasteiger partial charge >= 0.3 is 0 Å². The van der Waals surface area contributed by atoms with E-state index in [1.165, 1.54) is 0 Å². The molecule has 0 atom stereocenters. The number of nitrogens with zero attached hydrogens (tertiary/aromatic N) is 4. The van der Waals surface area contributed by atoms with Crippen molar-refractivity contribution in [3.63, 3.8) is 0 Å². The van der Waals surface area contributed by atoms with Gasteiger partial charge in [-0.3, -0.25) is 4.79 Å². The molecule has 1 fully saturated rings. The summed E-state index contributed by atoms with van der Waals surface area (Å²) in [6.07, 6.45) is 0. The van der Waals surface area contributed by atoms with Crippen LogP contribution in [0.3, 0.4) is 0 Å². The molecule has 25 heavy (non-hydrogen) atoms. The van der Waals surface area contributed by atoms with Gasteiger partial charge < -0.3 is 9.80 Å². The van der Waals surface area contributed by atoms with Crippen LogP contribution in [0.2, 0.25) is 0 Å². The molecule has 126 valence electrons. The van der Waals surface area contributed by atoms with Crippen molar-refractivity contribution in [1.82, 2.24) is 14.9 Å². The third-order valence-corrected chi connectivity index (χ3v) is 4.61. The molecule has 1 aromatic heterocycles. The van der Waals surface area contributed by atoms with E-state index in [-0.39, 0.29) is 5.91 Å². The fourth-order valence-corrected chi connectivity index (χ4v) is 3.26. The first-order valence-corrected chi connectivity index (χ1v) is 8.55. The highest BCUT2D eigenvalue weighted by Crippen LogP contribution is 2.21. The molecule has 1 amide bonds. The number of benzene rings is 2. The van der Waals surface area contributed by atoms with Crippen LogP contribution in [-0.4, -0.2) is 47.0 Å². The van der Waals surface area contributed by atoms with Crippen molar-refractivity contribution in [2.75, 3.05) is 31.1 Å². The Labute approximate surface area is 146 Å². The molecule has 5 nitrogen and oxygen atoms in total. The first kappa shape index (κ1) is 15.6. The quantitative estimate of drug-likeness (QED) is 0.724. The minimum absolute atomic E-state index is 0.0987. The van der Waals surface area contributed by atoms with Crippen LogP contribution < -0.4 is 4.90 Å². The number of para-hydroxylation sites is 2. The van der Waals surface area contributed by atoms with Gasteiger partial charge in [0.15, 0.2) is 5.82 Å². The topological polar surface area (TPSA) is 49.3 Å². The molecular weight excluding hydrogens is 312 g/mol. The minimum atomic E-state index is 0.0987. The second-order valence-electron chi connectivity index (χ2n) is 6.27. The molecule has 1 aliphatic heterocycles. The summed E-state index contributed by atoms with van der Waals surface area (Å²) in [4.78, 5) is 26.2. The van der Waals surface area contributed by atoms with Crippen molar-refractivity contribution in [1.29, 1.82) is 0 Å². The van der Waals surface area contributed by atoms with E-state index in [2.05, 4.69) is 9.88 Å². The summed E-state index contributed by atoms with van der Waals surface area (Å²) in [6, 6.07) is 17.4. The van der Waals surface area contributed by atoms with E-state index in [1.807, 2.05) is 66.4 Å². The number of aryl methyl sites for hydroxylation is 1. The van der Waals surface area contributed by atoms with Crippen LogP contribution in [-0.2, 0) is 0 Å². The fraction of sp³-hybridized carbons (Fsp3) is 0.250. The number of carbonyl (C=O) groups excluding carboxylic acids is 1. The van der Waals surface area contributed by atoms with Crippen molar-refractivity contribution in [2.45, 2.75) is 6.92 Å². The van der Waals surface area contributed by atoms with E-state index in [1.54, 1.807) is 0 Å². The summed E-state index contributed by atoms with van der Waals surface area (Å²) in [5, 5.41) is 0. The highest BCUT2D eigenvalue weighted by atomic mass is 16.2. The van der Waals surface area contributed by atoms with Crippen molar-refractivity contribution in [3.05, 3.63) is 65.9 Å². The molecule has 0 bridgehead atoms. The molecular formula is C20H20N4O. The van der Waals surface area contributed by atoms with Crippen LogP contribution in [0.4, 0.5) is 5.82 Å². The summed E-state index contributed by atoms with van der Waals surface area (Å²) >= 11 is 0. The Hall–Kier alpha value is -2.95. The van der Waals surface area contributed by atoms with E-state index in [0.717, 1.165) is 41.2 Å². The Bertz CT molecular complexity index is 902. The van der Waals surface area contributed by atoms with Gasteiger partial charge in [0.1, 0.15) is 0 Å². The van der Waals surface area contributed by atoms with Gasteiger partial charge in [0.05, 0.1) is 16.7 Å². The van der Waals surface area contributed by atoms with Gasteiger partial charge in [-0.25, -0.2) is 9.97 Å². The molecule has 4 rings (SSSR count). The Morgan fingerprint density at radius 2 is 1.44 bits per heavy atom. The van der Waals surface area contributed by atoms with E-state index < -0.39 is 0 Å². The Balaban J connectivity index is 1.50. The second kappa shape index (κ2) is 6.51. The maximum absolute atomic E-state index is 12.6. The monoisotopic (exact) mass is 332 g/mol. The second-order valence-corrected chi connectivity index (χ2v) is 6.27. The molecule has 2 aromatic carbocycles.